The molecule has 0 bridgehead atoms. The van der Waals surface area contributed by atoms with Gasteiger partial charge in [-0.1, -0.05) is 0 Å². The summed E-state index contributed by atoms with van der Waals surface area (Å²) in [7, 11) is -3.29. The van der Waals surface area contributed by atoms with E-state index in [1.54, 1.807) is 17.0 Å². The number of furan rings is 1. The molecule has 0 aliphatic carbocycles. The van der Waals surface area contributed by atoms with Gasteiger partial charge < -0.3 is 14.1 Å². The van der Waals surface area contributed by atoms with Crippen molar-refractivity contribution in [1.29, 1.82) is 0 Å². The zero-order valence-corrected chi connectivity index (χ0v) is 14.9. The molecule has 1 aromatic heterocycles. The number of ether oxygens (including phenoxy) is 1. The molecule has 2 aliphatic heterocycles. The third-order valence-electron chi connectivity index (χ3n) is 5.12. The van der Waals surface area contributed by atoms with Gasteiger partial charge in [-0.2, -0.15) is 0 Å². The van der Waals surface area contributed by atoms with Crippen LogP contribution in [0.25, 0.3) is 0 Å². The maximum Gasteiger partial charge on any atom is 0.289 e. The third-order valence-corrected chi connectivity index (χ3v) is 5.83. The van der Waals surface area contributed by atoms with Crippen molar-refractivity contribution in [3.8, 4) is 0 Å². The van der Waals surface area contributed by atoms with Crippen LogP contribution in [0.1, 0.15) is 35.6 Å². The lowest BCUT2D eigenvalue weighted by Crippen LogP contribution is -2.57. The number of nitrogens with one attached hydrogen (secondary N) is 1. The molecule has 24 heavy (non-hydrogen) atoms. The van der Waals surface area contributed by atoms with Crippen LogP contribution in [0.4, 0.5) is 0 Å². The van der Waals surface area contributed by atoms with Crippen LogP contribution in [0.2, 0.25) is 0 Å². The summed E-state index contributed by atoms with van der Waals surface area (Å²) in [4.78, 5) is 14.3. The average molecular weight is 356 g/mol. The Balaban J connectivity index is 1.69. The number of hydrogen-bond acceptors (Lipinski definition) is 5. The smallest absolute Gasteiger partial charge is 0.289 e. The summed E-state index contributed by atoms with van der Waals surface area (Å²) >= 11 is 0. The van der Waals surface area contributed by atoms with Crippen LogP contribution in [0.5, 0.6) is 0 Å². The fraction of sp³-hybridized carbons (Fsp3) is 0.688. The molecular weight excluding hydrogens is 332 g/mol. The first-order valence-electron chi connectivity index (χ1n) is 8.20. The monoisotopic (exact) mass is 356 g/mol. The van der Waals surface area contributed by atoms with Gasteiger partial charge >= 0.3 is 0 Å². The summed E-state index contributed by atoms with van der Waals surface area (Å²) in [6.45, 7) is 4.03. The first kappa shape index (κ1) is 17.4. The van der Waals surface area contributed by atoms with Crippen LogP contribution >= 0.6 is 0 Å². The predicted molar refractivity (Wildman–Crippen MR) is 88.2 cm³/mol. The van der Waals surface area contributed by atoms with E-state index in [-0.39, 0.29) is 17.4 Å². The summed E-state index contributed by atoms with van der Waals surface area (Å²) in [5.41, 5.74) is -0.142. The highest BCUT2D eigenvalue weighted by Gasteiger charge is 2.45. The molecule has 7 nitrogen and oxygen atoms in total. The highest BCUT2D eigenvalue weighted by atomic mass is 32.2. The van der Waals surface area contributed by atoms with Crippen molar-refractivity contribution in [2.45, 2.75) is 32.2 Å². The molecule has 2 aliphatic rings. The minimum atomic E-state index is -3.29. The van der Waals surface area contributed by atoms with Gasteiger partial charge in [0.05, 0.1) is 18.9 Å². The van der Waals surface area contributed by atoms with E-state index < -0.39 is 10.0 Å². The third kappa shape index (κ3) is 3.65. The molecule has 8 heteroatoms. The molecular formula is C16H24N2O5S. The molecule has 0 saturated carbocycles. The van der Waals surface area contributed by atoms with Crippen molar-refractivity contribution in [3.63, 3.8) is 0 Å². The van der Waals surface area contributed by atoms with Crippen LogP contribution in [-0.2, 0) is 14.8 Å². The van der Waals surface area contributed by atoms with Gasteiger partial charge in [-0.25, -0.2) is 13.1 Å². The predicted octanol–water partition coefficient (Wildman–Crippen LogP) is 1.15. The summed E-state index contributed by atoms with van der Waals surface area (Å²) in [6.07, 6.45) is 3.50. The topological polar surface area (TPSA) is 88.9 Å². The second-order valence-electron chi connectivity index (χ2n) is 6.83. The highest BCUT2D eigenvalue weighted by Crippen LogP contribution is 2.41. The fourth-order valence-electron chi connectivity index (χ4n) is 3.70. The van der Waals surface area contributed by atoms with E-state index in [1.165, 1.54) is 6.26 Å². The van der Waals surface area contributed by atoms with Gasteiger partial charge in [0.15, 0.2) is 5.76 Å². The fourth-order valence-corrected chi connectivity index (χ4v) is 4.54. The van der Waals surface area contributed by atoms with Gasteiger partial charge in [-0.3, -0.25) is 4.79 Å². The number of sulfonamides is 1. The number of likely N-dealkylation sites (tertiary alicyclic amines) is 1. The molecule has 134 valence electrons. The molecule has 2 saturated heterocycles. The van der Waals surface area contributed by atoms with E-state index in [4.69, 9.17) is 9.15 Å². The number of aryl methyl sites for hydroxylation is 1. The van der Waals surface area contributed by atoms with Gasteiger partial charge in [0.2, 0.25) is 10.0 Å². The Morgan fingerprint density at radius 3 is 2.58 bits per heavy atom. The van der Waals surface area contributed by atoms with Crippen molar-refractivity contribution in [2.24, 2.45) is 5.41 Å². The SMILES string of the molecule is Cc1ccc(C(=O)N2CCC3(CCOC[C@@H]3NS(C)(=O)=O)CC2)o1. The van der Waals surface area contributed by atoms with E-state index in [2.05, 4.69) is 4.72 Å². The lowest BCUT2D eigenvalue weighted by atomic mass is 9.69. The lowest BCUT2D eigenvalue weighted by molar-refractivity contribution is -0.0403. The zero-order chi connectivity index (χ0) is 17.4. The van der Waals surface area contributed by atoms with Crippen molar-refractivity contribution in [1.82, 2.24) is 9.62 Å². The van der Waals surface area contributed by atoms with E-state index in [0.717, 1.165) is 19.3 Å². The van der Waals surface area contributed by atoms with E-state index in [0.29, 0.717) is 37.8 Å². The molecule has 1 aromatic rings. The molecule has 2 fully saturated rings. The summed E-state index contributed by atoms with van der Waals surface area (Å²) < 4.78 is 36.9. The lowest BCUT2D eigenvalue weighted by Gasteiger charge is -2.48. The van der Waals surface area contributed by atoms with Gasteiger partial charge in [0.25, 0.3) is 5.91 Å². The van der Waals surface area contributed by atoms with Crippen LogP contribution < -0.4 is 4.72 Å². The second kappa shape index (κ2) is 6.50. The molecule has 3 rings (SSSR count). The quantitative estimate of drug-likeness (QED) is 0.878. The van der Waals surface area contributed by atoms with Crippen LogP contribution in [0.3, 0.4) is 0 Å². The van der Waals surface area contributed by atoms with Gasteiger partial charge in [0, 0.05) is 19.7 Å². The van der Waals surface area contributed by atoms with Crippen molar-refractivity contribution in [2.75, 3.05) is 32.6 Å². The Bertz CT molecular complexity index is 704. The summed E-state index contributed by atoms with van der Waals surface area (Å²) in [6, 6.07) is 3.25. The molecule has 0 aromatic carbocycles. The van der Waals surface area contributed by atoms with Crippen molar-refractivity contribution >= 4 is 15.9 Å². The minimum absolute atomic E-state index is 0.0994. The standard InChI is InChI=1S/C16H24N2O5S/c1-12-3-4-13(23-12)15(19)18-8-5-16(6-9-18)7-10-22-11-14(16)17-24(2,20)21/h3-4,14,17H,5-11H2,1-2H3/t14-/m0/s1. The minimum Gasteiger partial charge on any atom is -0.456 e. The Labute approximate surface area is 142 Å². The largest absolute Gasteiger partial charge is 0.456 e. The first-order valence-corrected chi connectivity index (χ1v) is 10.1. The molecule has 3 heterocycles. The maximum atomic E-state index is 12.5. The maximum absolute atomic E-state index is 12.5. The Hall–Kier alpha value is -1.38. The summed E-state index contributed by atoms with van der Waals surface area (Å²) in [5.74, 6) is 0.979. The van der Waals surface area contributed by atoms with Gasteiger partial charge in [-0.15, -0.1) is 0 Å². The normalized spacial score (nSPS) is 24.2. The Kier molecular flexibility index (Phi) is 4.72. The Morgan fingerprint density at radius 2 is 2.00 bits per heavy atom. The number of hydrogen-bond donors (Lipinski definition) is 1. The van der Waals surface area contributed by atoms with E-state index in [1.807, 2.05) is 6.92 Å². The van der Waals surface area contributed by atoms with Gasteiger partial charge in [-0.05, 0) is 43.7 Å². The number of amides is 1. The van der Waals surface area contributed by atoms with Crippen LogP contribution in [-0.4, -0.2) is 57.8 Å². The first-order chi connectivity index (χ1) is 11.3. The van der Waals surface area contributed by atoms with Crippen LogP contribution in [0.15, 0.2) is 16.5 Å². The number of piperidine rings is 1. The van der Waals surface area contributed by atoms with E-state index in [9.17, 15) is 13.2 Å². The molecule has 0 radical (unpaired) electrons. The van der Waals surface area contributed by atoms with Gasteiger partial charge in [0.1, 0.15) is 5.76 Å². The molecule has 0 unspecified atom stereocenters. The average Bonchev–Trinajstić information content (AvgIpc) is 2.95. The highest BCUT2D eigenvalue weighted by molar-refractivity contribution is 7.88. The number of carbonyl (C=O) groups excluding carboxylic acids is 1. The molecule has 1 spiro atoms. The van der Waals surface area contributed by atoms with Crippen molar-refractivity contribution < 1.29 is 22.4 Å². The summed E-state index contributed by atoms with van der Waals surface area (Å²) in [5, 5.41) is 0. The number of nitrogens with zero attached hydrogens (tertiary/aromatic N) is 1. The molecule has 1 N–H and O–H groups in total. The van der Waals surface area contributed by atoms with E-state index >= 15 is 0 Å². The number of rotatable bonds is 3. The molecule has 1 atom stereocenters. The van der Waals surface area contributed by atoms with Crippen molar-refractivity contribution in [3.05, 3.63) is 23.7 Å². The molecule has 1 amide bonds. The van der Waals surface area contributed by atoms with Crippen LogP contribution in [0, 0.1) is 12.3 Å². The Morgan fingerprint density at radius 1 is 1.29 bits per heavy atom. The second-order valence-corrected chi connectivity index (χ2v) is 8.61. The zero-order valence-electron chi connectivity index (χ0n) is 14.1. The number of carbonyl (C=O) groups is 1.